The van der Waals surface area contributed by atoms with Crippen molar-refractivity contribution in [2.24, 2.45) is 0 Å². The molecule has 5 rings (SSSR count). The Morgan fingerprint density at radius 1 is 0.394 bits per heavy atom. The summed E-state index contributed by atoms with van der Waals surface area (Å²) in [4.78, 5) is 12.9. The molecule has 0 heterocycles. The fraction of sp³-hybridized carbons (Fsp3) is 0. The van der Waals surface area contributed by atoms with Gasteiger partial charge in [-0.15, -0.1) is 0 Å². The normalized spacial score (nSPS) is 10.5. The summed E-state index contributed by atoms with van der Waals surface area (Å²) in [5, 5.41) is 0. The van der Waals surface area contributed by atoms with Gasteiger partial charge in [-0.05, 0) is 58.7 Å². The molecule has 5 aromatic rings. The standard InChI is InChI=1S/C31H22O2/c32-31(27-13-11-25(12-14-27)23-7-3-1-4-8-23)28-17-21-30(22-18-28)33-29-19-15-26(16-20-29)24-9-5-2-6-10-24/h1-22H. The van der Waals surface area contributed by atoms with E-state index in [0.717, 1.165) is 22.4 Å². The van der Waals surface area contributed by atoms with Gasteiger partial charge in [0.25, 0.3) is 0 Å². The van der Waals surface area contributed by atoms with Crippen LogP contribution < -0.4 is 4.74 Å². The maximum atomic E-state index is 12.9. The molecule has 0 bridgehead atoms. The van der Waals surface area contributed by atoms with E-state index < -0.39 is 0 Å². The topological polar surface area (TPSA) is 26.3 Å². The van der Waals surface area contributed by atoms with Crippen molar-refractivity contribution in [3.05, 3.63) is 145 Å². The number of carbonyl (C=O) groups is 1. The summed E-state index contributed by atoms with van der Waals surface area (Å²) >= 11 is 0. The van der Waals surface area contributed by atoms with E-state index >= 15 is 0 Å². The molecule has 158 valence electrons. The summed E-state index contributed by atoms with van der Waals surface area (Å²) in [5.74, 6) is 1.44. The maximum Gasteiger partial charge on any atom is 0.193 e. The van der Waals surface area contributed by atoms with Crippen molar-refractivity contribution in [3.63, 3.8) is 0 Å². The molecular formula is C31H22O2. The van der Waals surface area contributed by atoms with Crippen LogP contribution in [0, 0.1) is 0 Å². The van der Waals surface area contributed by atoms with Gasteiger partial charge < -0.3 is 4.74 Å². The third-order valence-electron chi connectivity index (χ3n) is 5.57. The Kier molecular flexibility index (Phi) is 5.81. The predicted molar refractivity (Wildman–Crippen MR) is 134 cm³/mol. The monoisotopic (exact) mass is 426 g/mol. The van der Waals surface area contributed by atoms with E-state index in [1.807, 2.05) is 97.1 Å². The third-order valence-corrected chi connectivity index (χ3v) is 5.57. The highest BCUT2D eigenvalue weighted by Gasteiger charge is 2.10. The molecule has 0 atom stereocenters. The van der Waals surface area contributed by atoms with Gasteiger partial charge in [-0.25, -0.2) is 0 Å². The van der Waals surface area contributed by atoms with Crippen molar-refractivity contribution in [1.82, 2.24) is 0 Å². The molecule has 0 N–H and O–H groups in total. The summed E-state index contributed by atoms with van der Waals surface area (Å²) in [6.07, 6.45) is 0. The summed E-state index contributed by atoms with van der Waals surface area (Å²) in [5.41, 5.74) is 5.84. The van der Waals surface area contributed by atoms with Crippen LogP contribution in [0.15, 0.2) is 133 Å². The Hall–Kier alpha value is -4.43. The van der Waals surface area contributed by atoms with Crippen LogP contribution in [0.2, 0.25) is 0 Å². The summed E-state index contributed by atoms with van der Waals surface area (Å²) in [7, 11) is 0. The molecule has 0 aliphatic heterocycles. The van der Waals surface area contributed by atoms with Gasteiger partial charge in [0, 0.05) is 11.1 Å². The molecule has 0 aliphatic rings. The third kappa shape index (κ3) is 4.76. The van der Waals surface area contributed by atoms with Crippen LogP contribution in [-0.4, -0.2) is 5.78 Å². The first-order chi connectivity index (χ1) is 16.3. The molecule has 0 unspecified atom stereocenters. The second kappa shape index (κ2) is 9.37. The first-order valence-corrected chi connectivity index (χ1v) is 10.9. The average molecular weight is 427 g/mol. The minimum Gasteiger partial charge on any atom is -0.457 e. The zero-order valence-corrected chi connectivity index (χ0v) is 18.0. The van der Waals surface area contributed by atoms with E-state index in [1.165, 1.54) is 5.56 Å². The van der Waals surface area contributed by atoms with Gasteiger partial charge in [-0.3, -0.25) is 4.79 Å². The number of hydrogen-bond acceptors (Lipinski definition) is 2. The highest BCUT2D eigenvalue weighted by atomic mass is 16.5. The zero-order chi connectivity index (χ0) is 22.5. The molecule has 5 aromatic carbocycles. The Morgan fingerprint density at radius 2 is 0.727 bits per heavy atom. The van der Waals surface area contributed by atoms with E-state index in [1.54, 1.807) is 12.1 Å². The van der Waals surface area contributed by atoms with Gasteiger partial charge in [0.1, 0.15) is 11.5 Å². The fourth-order valence-corrected chi connectivity index (χ4v) is 3.77. The van der Waals surface area contributed by atoms with Gasteiger partial charge in [-0.1, -0.05) is 97.1 Å². The van der Waals surface area contributed by atoms with E-state index in [0.29, 0.717) is 16.9 Å². The molecule has 0 spiro atoms. The first-order valence-electron chi connectivity index (χ1n) is 10.9. The fourth-order valence-electron chi connectivity index (χ4n) is 3.77. The molecule has 0 saturated carbocycles. The van der Waals surface area contributed by atoms with Gasteiger partial charge in [0.05, 0.1) is 0 Å². The Balaban J connectivity index is 1.26. The van der Waals surface area contributed by atoms with Crippen LogP contribution in [0.25, 0.3) is 22.3 Å². The first kappa shape index (κ1) is 20.5. The van der Waals surface area contributed by atoms with Crippen molar-refractivity contribution in [2.75, 3.05) is 0 Å². The van der Waals surface area contributed by atoms with Crippen molar-refractivity contribution in [2.45, 2.75) is 0 Å². The second-order valence-corrected chi connectivity index (χ2v) is 7.79. The second-order valence-electron chi connectivity index (χ2n) is 7.79. The molecule has 0 amide bonds. The van der Waals surface area contributed by atoms with Crippen molar-refractivity contribution < 1.29 is 9.53 Å². The van der Waals surface area contributed by atoms with E-state index in [4.69, 9.17) is 4.74 Å². The SMILES string of the molecule is O=C(c1ccc(Oc2ccc(-c3ccccc3)cc2)cc1)c1ccc(-c2ccccc2)cc1. The number of hydrogen-bond donors (Lipinski definition) is 0. The Labute approximate surface area is 193 Å². The van der Waals surface area contributed by atoms with E-state index in [-0.39, 0.29) is 5.78 Å². The van der Waals surface area contributed by atoms with E-state index in [9.17, 15) is 4.79 Å². The smallest absolute Gasteiger partial charge is 0.193 e. The van der Waals surface area contributed by atoms with E-state index in [2.05, 4.69) is 24.3 Å². The minimum atomic E-state index is -0.00613. The molecule has 2 heteroatoms. The van der Waals surface area contributed by atoms with Gasteiger partial charge >= 0.3 is 0 Å². The molecule has 0 radical (unpaired) electrons. The lowest BCUT2D eigenvalue weighted by molar-refractivity contribution is 0.103. The average Bonchev–Trinajstić information content (AvgIpc) is 2.90. The molecule has 0 saturated heterocycles. The van der Waals surface area contributed by atoms with Gasteiger partial charge in [-0.2, -0.15) is 0 Å². The van der Waals surface area contributed by atoms with Crippen LogP contribution >= 0.6 is 0 Å². The van der Waals surface area contributed by atoms with Gasteiger partial charge in [0.2, 0.25) is 0 Å². The molecule has 2 nitrogen and oxygen atoms in total. The number of benzene rings is 5. The summed E-state index contributed by atoms with van der Waals surface area (Å²) in [6.45, 7) is 0. The molecular weight excluding hydrogens is 404 g/mol. The number of ketones is 1. The van der Waals surface area contributed by atoms with Crippen LogP contribution in [0.1, 0.15) is 15.9 Å². The number of rotatable bonds is 6. The zero-order valence-electron chi connectivity index (χ0n) is 18.0. The largest absolute Gasteiger partial charge is 0.457 e. The molecule has 0 aromatic heterocycles. The minimum absolute atomic E-state index is 0.00613. The molecule has 0 aliphatic carbocycles. The Morgan fingerprint density at radius 3 is 1.18 bits per heavy atom. The van der Waals surface area contributed by atoms with Crippen molar-refractivity contribution >= 4 is 5.78 Å². The quantitative estimate of drug-likeness (QED) is 0.257. The lowest BCUT2D eigenvalue weighted by atomic mass is 9.99. The predicted octanol–water partition coefficient (Wildman–Crippen LogP) is 8.04. The highest BCUT2D eigenvalue weighted by molar-refractivity contribution is 6.09. The lowest BCUT2D eigenvalue weighted by Gasteiger charge is -2.08. The van der Waals surface area contributed by atoms with Crippen LogP contribution in [0.4, 0.5) is 0 Å². The van der Waals surface area contributed by atoms with Crippen molar-refractivity contribution in [3.8, 4) is 33.8 Å². The van der Waals surface area contributed by atoms with Crippen molar-refractivity contribution in [1.29, 1.82) is 0 Å². The highest BCUT2D eigenvalue weighted by Crippen LogP contribution is 2.27. The van der Waals surface area contributed by atoms with Crippen LogP contribution in [-0.2, 0) is 0 Å². The summed E-state index contributed by atoms with van der Waals surface area (Å²) < 4.78 is 5.96. The molecule has 33 heavy (non-hydrogen) atoms. The number of ether oxygens (including phenoxy) is 1. The van der Waals surface area contributed by atoms with Gasteiger partial charge in [0.15, 0.2) is 5.78 Å². The molecule has 0 fully saturated rings. The Bertz CT molecular complexity index is 1340. The maximum absolute atomic E-state index is 12.9. The van der Waals surface area contributed by atoms with Crippen LogP contribution in [0.3, 0.4) is 0 Å². The number of carbonyl (C=O) groups excluding carboxylic acids is 1. The summed E-state index contributed by atoms with van der Waals surface area (Å²) in [6, 6.07) is 43.4. The van der Waals surface area contributed by atoms with Crippen LogP contribution in [0.5, 0.6) is 11.5 Å². The lowest BCUT2D eigenvalue weighted by Crippen LogP contribution is -2.01.